The van der Waals surface area contributed by atoms with E-state index in [0.717, 1.165) is 26.9 Å². The molecule has 1 unspecified atom stereocenters. The fourth-order valence-corrected chi connectivity index (χ4v) is 2.79. The van der Waals surface area contributed by atoms with Crippen molar-refractivity contribution in [1.29, 1.82) is 0 Å². The molecule has 110 valence electrons. The molecule has 4 heteroatoms. The summed E-state index contributed by atoms with van der Waals surface area (Å²) in [4.78, 5) is 12.1. The van der Waals surface area contributed by atoms with Crippen molar-refractivity contribution in [1.82, 2.24) is 0 Å². The van der Waals surface area contributed by atoms with Crippen LogP contribution in [0.2, 0.25) is 0 Å². The molecular formula is C17H19BrN2O. The van der Waals surface area contributed by atoms with Gasteiger partial charge in [0.25, 0.3) is 0 Å². The molecule has 0 saturated carbocycles. The van der Waals surface area contributed by atoms with Gasteiger partial charge in [0.05, 0.1) is 0 Å². The molecule has 1 amide bonds. The maximum Gasteiger partial charge on any atom is 0.247 e. The molecule has 2 aromatic carbocycles. The molecule has 3 N–H and O–H groups in total. The number of nitrogens with one attached hydrogen (secondary N) is 1. The monoisotopic (exact) mass is 346 g/mol. The quantitative estimate of drug-likeness (QED) is 0.882. The van der Waals surface area contributed by atoms with Crippen LogP contribution in [-0.2, 0) is 10.3 Å². The van der Waals surface area contributed by atoms with E-state index < -0.39 is 11.4 Å². The van der Waals surface area contributed by atoms with Crippen molar-refractivity contribution in [2.75, 3.05) is 5.32 Å². The average Bonchev–Trinajstić information content (AvgIpc) is 2.41. The van der Waals surface area contributed by atoms with Crippen LogP contribution in [0.15, 0.2) is 46.9 Å². The lowest BCUT2D eigenvalue weighted by Crippen LogP contribution is -2.45. The first-order valence-corrected chi connectivity index (χ1v) is 7.53. The number of anilines is 1. The predicted molar refractivity (Wildman–Crippen MR) is 90.2 cm³/mol. The summed E-state index contributed by atoms with van der Waals surface area (Å²) in [6.45, 7) is 5.81. The minimum atomic E-state index is -0.961. The van der Waals surface area contributed by atoms with Crippen molar-refractivity contribution in [2.45, 2.75) is 26.3 Å². The van der Waals surface area contributed by atoms with Crippen LogP contribution in [0, 0.1) is 13.8 Å². The van der Waals surface area contributed by atoms with Crippen LogP contribution in [0.4, 0.5) is 5.69 Å². The molecule has 2 rings (SSSR count). The van der Waals surface area contributed by atoms with E-state index in [9.17, 15) is 4.79 Å². The number of carbonyl (C=O) groups is 1. The normalized spacial score (nSPS) is 13.5. The lowest BCUT2D eigenvalue weighted by Gasteiger charge is -2.31. The van der Waals surface area contributed by atoms with Gasteiger partial charge in [-0.05, 0) is 50.1 Å². The van der Waals surface area contributed by atoms with Gasteiger partial charge in [-0.2, -0.15) is 0 Å². The van der Waals surface area contributed by atoms with E-state index in [0.29, 0.717) is 0 Å². The Hall–Kier alpha value is -1.81. The number of primary amides is 1. The molecule has 3 nitrogen and oxygen atoms in total. The van der Waals surface area contributed by atoms with Gasteiger partial charge in [0.1, 0.15) is 5.54 Å². The summed E-state index contributed by atoms with van der Waals surface area (Å²) in [7, 11) is 0. The lowest BCUT2D eigenvalue weighted by atomic mass is 9.86. The number of hydrogen-bond donors (Lipinski definition) is 2. The highest BCUT2D eigenvalue weighted by molar-refractivity contribution is 9.10. The minimum Gasteiger partial charge on any atom is -0.368 e. The van der Waals surface area contributed by atoms with Crippen molar-refractivity contribution in [3.05, 3.63) is 63.6 Å². The number of benzene rings is 2. The van der Waals surface area contributed by atoms with Gasteiger partial charge >= 0.3 is 0 Å². The van der Waals surface area contributed by atoms with Gasteiger partial charge < -0.3 is 11.1 Å². The fourth-order valence-electron chi connectivity index (χ4n) is 2.39. The lowest BCUT2D eigenvalue weighted by molar-refractivity contribution is -0.122. The summed E-state index contributed by atoms with van der Waals surface area (Å²) < 4.78 is 0.945. The summed E-state index contributed by atoms with van der Waals surface area (Å²) in [5.41, 5.74) is 8.60. The van der Waals surface area contributed by atoms with Gasteiger partial charge in [-0.25, -0.2) is 0 Å². The highest BCUT2D eigenvalue weighted by Gasteiger charge is 2.34. The molecule has 0 saturated heterocycles. The van der Waals surface area contributed by atoms with Crippen LogP contribution < -0.4 is 11.1 Å². The van der Waals surface area contributed by atoms with Crippen molar-refractivity contribution < 1.29 is 4.79 Å². The van der Waals surface area contributed by atoms with Crippen LogP contribution in [0.1, 0.15) is 23.6 Å². The van der Waals surface area contributed by atoms with Crippen molar-refractivity contribution >= 4 is 27.5 Å². The van der Waals surface area contributed by atoms with Crippen LogP contribution in [0.25, 0.3) is 0 Å². The smallest absolute Gasteiger partial charge is 0.247 e. The van der Waals surface area contributed by atoms with Gasteiger partial charge in [0.2, 0.25) is 5.91 Å². The van der Waals surface area contributed by atoms with Crippen molar-refractivity contribution in [2.24, 2.45) is 5.73 Å². The molecule has 0 fully saturated rings. The molecule has 0 bridgehead atoms. The predicted octanol–water partition coefficient (Wildman–Crippen LogP) is 3.88. The van der Waals surface area contributed by atoms with Gasteiger partial charge in [0, 0.05) is 10.2 Å². The third-order valence-corrected chi connectivity index (χ3v) is 4.14. The number of carbonyl (C=O) groups excluding carboxylic acids is 1. The number of aryl methyl sites for hydroxylation is 2. The first-order chi connectivity index (χ1) is 9.83. The summed E-state index contributed by atoms with van der Waals surface area (Å²) in [6, 6.07) is 13.7. The van der Waals surface area contributed by atoms with Gasteiger partial charge in [-0.3, -0.25) is 4.79 Å². The highest BCUT2D eigenvalue weighted by Crippen LogP contribution is 2.30. The second-order valence-corrected chi connectivity index (χ2v) is 6.36. The molecule has 0 aromatic heterocycles. The largest absolute Gasteiger partial charge is 0.368 e. The van der Waals surface area contributed by atoms with E-state index in [1.807, 2.05) is 63.2 Å². The van der Waals surface area contributed by atoms with E-state index >= 15 is 0 Å². The van der Waals surface area contributed by atoms with Crippen LogP contribution in [-0.4, -0.2) is 5.91 Å². The highest BCUT2D eigenvalue weighted by atomic mass is 79.9. The fraction of sp³-hybridized carbons (Fsp3) is 0.235. The molecule has 0 aliphatic rings. The Bertz CT molecular complexity index is 684. The first-order valence-electron chi connectivity index (χ1n) is 6.74. The molecule has 0 aliphatic carbocycles. The Labute approximate surface area is 133 Å². The summed E-state index contributed by atoms with van der Waals surface area (Å²) in [5.74, 6) is -0.406. The van der Waals surface area contributed by atoms with Gasteiger partial charge in [-0.1, -0.05) is 45.8 Å². The van der Waals surface area contributed by atoms with E-state index in [1.54, 1.807) is 0 Å². The number of rotatable bonds is 4. The zero-order chi connectivity index (χ0) is 15.6. The van der Waals surface area contributed by atoms with E-state index in [1.165, 1.54) is 0 Å². The van der Waals surface area contributed by atoms with Crippen LogP contribution in [0.3, 0.4) is 0 Å². The molecule has 21 heavy (non-hydrogen) atoms. The molecule has 0 radical (unpaired) electrons. The molecule has 1 atom stereocenters. The van der Waals surface area contributed by atoms with Crippen molar-refractivity contribution in [3.63, 3.8) is 0 Å². The average molecular weight is 347 g/mol. The van der Waals surface area contributed by atoms with Crippen LogP contribution >= 0.6 is 15.9 Å². The second-order valence-electron chi connectivity index (χ2n) is 5.44. The minimum absolute atomic E-state index is 0.406. The van der Waals surface area contributed by atoms with E-state index in [-0.39, 0.29) is 0 Å². The molecule has 2 aromatic rings. The third kappa shape index (κ3) is 3.27. The van der Waals surface area contributed by atoms with Crippen LogP contribution in [0.5, 0.6) is 0 Å². The van der Waals surface area contributed by atoms with Crippen molar-refractivity contribution in [3.8, 4) is 0 Å². The first kappa shape index (κ1) is 15.6. The van der Waals surface area contributed by atoms with E-state index in [4.69, 9.17) is 5.73 Å². The molecule has 0 heterocycles. The number of hydrogen-bond acceptors (Lipinski definition) is 2. The number of amides is 1. The Morgan fingerprint density at radius 2 is 1.90 bits per heavy atom. The number of nitrogens with two attached hydrogens (primary N) is 1. The summed E-state index contributed by atoms with van der Waals surface area (Å²) in [6.07, 6.45) is 0. The second kappa shape index (κ2) is 5.90. The Morgan fingerprint density at radius 1 is 1.19 bits per heavy atom. The standard InChI is InChI=1S/C17H19BrN2O/c1-11-7-8-12(2)15(9-11)17(3,16(19)21)20-14-6-4-5-13(18)10-14/h4-10,20H,1-3H3,(H2,19,21). The van der Waals surface area contributed by atoms with Gasteiger partial charge in [0.15, 0.2) is 0 Å². The molecule has 0 aliphatic heterocycles. The Morgan fingerprint density at radius 3 is 2.52 bits per heavy atom. The maximum atomic E-state index is 12.1. The zero-order valence-electron chi connectivity index (χ0n) is 12.4. The topological polar surface area (TPSA) is 55.1 Å². The SMILES string of the molecule is Cc1ccc(C)c(C(C)(Nc2cccc(Br)c2)C(N)=O)c1. The Kier molecular flexibility index (Phi) is 4.37. The Balaban J connectivity index is 2.50. The van der Waals surface area contributed by atoms with E-state index in [2.05, 4.69) is 21.2 Å². The molecular weight excluding hydrogens is 328 g/mol. The third-order valence-electron chi connectivity index (χ3n) is 3.64. The number of halogens is 1. The zero-order valence-corrected chi connectivity index (χ0v) is 14.0. The summed E-state index contributed by atoms with van der Waals surface area (Å²) >= 11 is 3.43. The molecule has 0 spiro atoms. The summed E-state index contributed by atoms with van der Waals surface area (Å²) in [5, 5.41) is 3.28. The van der Waals surface area contributed by atoms with Gasteiger partial charge in [-0.15, -0.1) is 0 Å². The maximum absolute atomic E-state index is 12.1.